The van der Waals surface area contributed by atoms with Crippen molar-refractivity contribution in [1.82, 2.24) is 0 Å². The highest BCUT2D eigenvalue weighted by Crippen LogP contribution is 2.26. The van der Waals surface area contributed by atoms with E-state index in [4.69, 9.17) is 4.74 Å². The Morgan fingerprint density at radius 1 is 1.15 bits per heavy atom. The minimum atomic E-state index is -3.74. The normalized spacial score (nSPS) is 11.0. The summed E-state index contributed by atoms with van der Waals surface area (Å²) in [6, 6.07) is 11.4. The molecule has 0 radical (unpaired) electrons. The Hall–Kier alpha value is -2.87. The second kappa shape index (κ2) is 8.22. The number of carbonyl (C=O) groups excluding carboxylic acids is 2. The summed E-state index contributed by atoms with van der Waals surface area (Å²) in [5.41, 5.74) is 1.98. The number of aryl methyl sites for hydroxylation is 1. The van der Waals surface area contributed by atoms with E-state index in [0.29, 0.717) is 17.0 Å². The lowest BCUT2D eigenvalue weighted by atomic mass is 10.1. The smallest absolute Gasteiger partial charge is 0.245 e. The maximum absolute atomic E-state index is 12.5. The first kappa shape index (κ1) is 20.4. The highest BCUT2D eigenvalue weighted by atomic mass is 32.2. The Kier molecular flexibility index (Phi) is 6.22. The number of sulfonamides is 1. The average Bonchev–Trinajstić information content (AvgIpc) is 2.59. The quantitative estimate of drug-likeness (QED) is 0.734. The van der Waals surface area contributed by atoms with Crippen molar-refractivity contribution in [2.24, 2.45) is 0 Å². The summed E-state index contributed by atoms with van der Waals surface area (Å²) >= 11 is 0. The van der Waals surface area contributed by atoms with Gasteiger partial charge in [-0.2, -0.15) is 0 Å². The summed E-state index contributed by atoms with van der Waals surface area (Å²) in [4.78, 5) is 24.1. The summed E-state index contributed by atoms with van der Waals surface area (Å²) in [7, 11) is -2.26. The first-order valence-electron chi connectivity index (χ1n) is 8.15. The number of nitrogens with one attached hydrogen (secondary N) is 1. The number of benzene rings is 2. The van der Waals surface area contributed by atoms with Crippen LogP contribution in [-0.2, 0) is 14.8 Å². The van der Waals surface area contributed by atoms with E-state index in [9.17, 15) is 18.0 Å². The molecule has 0 spiro atoms. The van der Waals surface area contributed by atoms with Crippen molar-refractivity contribution in [3.05, 3.63) is 53.6 Å². The molecule has 0 aromatic heterocycles. The Morgan fingerprint density at radius 3 is 2.44 bits per heavy atom. The largest absolute Gasteiger partial charge is 0.495 e. The number of amides is 1. The van der Waals surface area contributed by atoms with Crippen LogP contribution in [0.4, 0.5) is 11.4 Å². The van der Waals surface area contributed by atoms with Crippen molar-refractivity contribution >= 4 is 33.1 Å². The number of anilines is 2. The summed E-state index contributed by atoms with van der Waals surface area (Å²) < 4.78 is 30.6. The van der Waals surface area contributed by atoms with Crippen LogP contribution in [-0.4, -0.2) is 40.0 Å². The molecule has 2 aromatic rings. The molecule has 0 heterocycles. The van der Waals surface area contributed by atoms with Gasteiger partial charge in [0, 0.05) is 5.56 Å². The lowest BCUT2D eigenvalue weighted by Gasteiger charge is -2.22. The number of hydrogen-bond donors (Lipinski definition) is 1. The second-order valence-corrected chi connectivity index (χ2v) is 8.03. The summed E-state index contributed by atoms with van der Waals surface area (Å²) in [5, 5.41) is 2.68. The Morgan fingerprint density at radius 2 is 1.85 bits per heavy atom. The molecule has 8 heteroatoms. The SMILES string of the molecule is COc1ccc(C)cc1NC(=O)CN(c1cccc(C(C)=O)c1)S(C)(=O)=O. The molecular weight excluding hydrogens is 368 g/mol. The molecule has 1 N–H and O–H groups in total. The van der Waals surface area contributed by atoms with Crippen LogP contribution in [0.25, 0.3) is 0 Å². The molecule has 0 saturated heterocycles. The number of rotatable bonds is 7. The molecule has 0 aliphatic rings. The first-order valence-corrected chi connectivity index (χ1v) is 10.00. The van der Waals surface area contributed by atoms with E-state index in [0.717, 1.165) is 16.1 Å². The molecule has 0 fully saturated rings. The van der Waals surface area contributed by atoms with Crippen LogP contribution < -0.4 is 14.4 Å². The number of nitrogens with zero attached hydrogens (tertiary/aromatic N) is 1. The van der Waals surface area contributed by atoms with Gasteiger partial charge in [0.2, 0.25) is 15.9 Å². The molecule has 1 amide bonds. The number of ketones is 1. The van der Waals surface area contributed by atoms with Crippen LogP contribution in [0.3, 0.4) is 0 Å². The zero-order valence-electron chi connectivity index (χ0n) is 15.6. The maximum atomic E-state index is 12.5. The number of Topliss-reactive ketones (excluding diaryl/α,β-unsaturated/α-hetero) is 1. The molecule has 0 unspecified atom stereocenters. The molecule has 144 valence electrons. The van der Waals surface area contributed by atoms with Gasteiger partial charge in [-0.25, -0.2) is 8.42 Å². The molecule has 2 aromatic carbocycles. The van der Waals surface area contributed by atoms with Gasteiger partial charge in [-0.15, -0.1) is 0 Å². The first-order chi connectivity index (χ1) is 12.6. The fourth-order valence-electron chi connectivity index (χ4n) is 2.52. The van der Waals surface area contributed by atoms with Gasteiger partial charge in [0.15, 0.2) is 5.78 Å². The molecule has 27 heavy (non-hydrogen) atoms. The van der Waals surface area contributed by atoms with E-state index in [1.807, 2.05) is 13.0 Å². The lowest BCUT2D eigenvalue weighted by Crippen LogP contribution is -2.37. The zero-order valence-corrected chi connectivity index (χ0v) is 16.5. The highest BCUT2D eigenvalue weighted by molar-refractivity contribution is 7.92. The van der Waals surface area contributed by atoms with Crippen molar-refractivity contribution in [2.45, 2.75) is 13.8 Å². The Labute approximate surface area is 159 Å². The monoisotopic (exact) mass is 390 g/mol. The van der Waals surface area contributed by atoms with Crippen molar-refractivity contribution < 1.29 is 22.7 Å². The fraction of sp³-hybridized carbons (Fsp3) is 0.263. The van der Waals surface area contributed by atoms with Crippen molar-refractivity contribution in [3.63, 3.8) is 0 Å². The van der Waals surface area contributed by atoms with Crippen molar-refractivity contribution in [3.8, 4) is 5.75 Å². The average molecular weight is 390 g/mol. The number of ether oxygens (including phenoxy) is 1. The number of carbonyl (C=O) groups is 2. The molecule has 0 atom stereocenters. The van der Waals surface area contributed by atoms with E-state index in [1.165, 1.54) is 26.2 Å². The highest BCUT2D eigenvalue weighted by Gasteiger charge is 2.22. The van der Waals surface area contributed by atoms with Gasteiger partial charge in [-0.05, 0) is 43.7 Å². The second-order valence-electron chi connectivity index (χ2n) is 6.13. The summed E-state index contributed by atoms with van der Waals surface area (Å²) in [5.74, 6) is -0.254. The predicted octanol–water partition coefficient (Wildman–Crippen LogP) is 2.61. The van der Waals surface area contributed by atoms with Crippen molar-refractivity contribution in [1.29, 1.82) is 0 Å². The van der Waals surface area contributed by atoms with E-state index in [2.05, 4.69) is 5.32 Å². The molecule has 0 bridgehead atoms. The van der Waals surface area contributed by atoms with Gasteiger partial charge in [-0.3, -0.25) is 13.9 Å². The maximum Gasteiger partial charge on any atom is 0.245 e. The standard InChI is InChI=1S/C19H22N2O5S/c1-13-8-9-18(26-3)17(10-13)20-19(23)12-21(27(4,24)25)16-7-5-6-15(11-16)14(2)22/h5-11H,12H2,1-4H3,(H,20,23). The van der Waals surface area contributed by atoms with Crippen LogP contribution >= 0.6 is 0 Å². The predicted molar refractivity (Wildman–Crippen MR) is 105 cm³/mol. The van der Waals surface area contributed by atoms with Gasteiger partial charge >= 0.3 is 0 Å². The third-order valence-corrected chi connectivity index (χ3v) is 5.00. The van der Waals surface area contributed by atoms with Gasteiger partial charge < -0.3 is 10.1 Å². The summed E-state index contributed by atoms with van der Waals surface area (Å²) in [6.45, 7) is 2.82. The summed E-state index contributed by atoms with van der Waals surface area (Å²) in [6.07, 6.45) is 1.01. The molecule has 0 aliphatic heterocycles. The van der Waals surface area contributed by atoms with Crippen LogP contribution in [0.15, 0.2) is 42.5 Å². The van der Waals surface area contributed by atoms with Crippen LogP contribution in [0.2, 0.25) is 0 Å². The molecule has 2 rings (SSSR count). The number of hydrogen-bond acceptors (Lipinski definition) is 5. The molecular formula is C19H22N2O5S. The third kappa shape index (κ3) is 5.30. The molecule has 0 aliphatic carbocycles. The van der Waals surface area contributed by atoms with Gasteiger partial charge in [-0.1, -0.05) is 18.2 Å². The topological polar surface area (TPSA) is 92.8 Å². The van der Waals surface area contributed by atoms with E-state index in [1.54, 1.807) is 24.3 Å². The van der Waals surface area contributed by atoms with Gasteiger partial charge in [0.1, 0.15) is 12.3 Å². The van der Waals surface area contributed by atoms with Crippen LogP contribution in [0.1, 0.15) is 22.8 Å². The Balaban J connectivity index is 2.30. The van der Waals surface area contributed by atoms with Crippen LogP contribution in [0, 0.1) is 6.92 Å². The number of methoxy groups -OCH3 is 1. The Bertz CT molecular complexity index is 970. The molecule has 7 nitrogen and oxygen atoms in total. The van der Waals surface area contributed by atoms with E-state index < -0.39 is 22.5 Å². The van der Waals surface area contributed by atoms with Gasteiger partial charge in [0.05, 0.1) is 24.7 Å². The van der Waals surface area contributed by atoms with E-state index >= 15 is 0 Å². The fourth-order valence-corrected chi connectivity index (χ4v) is 3.37. The minimum Gasteiger partial charge on any atom is -0.495 e. The third-order valence-electron chi connectivity index (χ3n) is 3.86. The van der Waals surface area contributed by atoms with Crippen molar-refractivity contribution in [2.75, 3.05) is 29.5 Å². The van der Waals surface area contributed by atoms with E-state index in [-0.39, 0.29) is 11.5 Å². The lowest BCUT2D eigenvalue weighted by molar-refractivity contribution is -0.114. The zero-order chi connectivity index (χ0) is 20.2. The minimum absolute atomic E-state index is 0.195. The van der Waals surface area contributed by atoms with Crippen LogP contribution in [0.5, 0.6) is 5.75 Å². The van der Waals surface area contributed by atoms with Gasteiger partial charge in [0.25, 0.3) is 0 Å². The molecule has 0 saturated carbocycles.